The zero-order valence-electron chi connectivity index (χ0n) is 9.10. The molecule has 0 aliphatic heterocycles. The van der Waals surface area contributed by atoms with Crippen LogP contribution in [0.25, 0.3) is 0 Å². The highest BCUT2D eigenvalue weighted by Gasteiger charge is 2.27. The average molecular weight is 218 g/mol. The Hall–Kier alpha value is -1.80. The van der Waals surface area contributed by atoms with Crippen LogP contribution in [0.5, 0.6) is 5.88 Å². The summed E-state index contributed by atoms with van der Waals surface area (Å²) in [5, 5.41) is 0. The van der Waals surface area contributed by atoms with E-state index >= 15 is 0 Å². The van der Waals surface area contributed by atoms with Crippen LogP contribution in [0.1, 0.15) is 31.5 Å². The van der Waals surface area contributed by atoms with Crippen molar-refractivity contribution in [1.29, 1.82) is 0 Å². The highest BCUT2D eigenvalue weighted by Crippen LogP contribution is 2.39. The van der Waals surface area contributed by atoms with Crippen LogP contribution in [0.4, 0.5) is 5.82 Å². The van der Waals surface area contributed by atoms with Crippen LogP contribution in [-0.2, 0) is 0 Å². The molecule has 1 aliphatic carbocycles. The minimum absolute atomic E-state index is 0.312. The highest BCUT2D eigenvalue weighted by molar-refractivity contribution is 5.38. The third-order valence-corrected chi connectivity index (χ3v) is 2.34. The molecule has 0 saturated heterocycles. The number of ether oxygens (including phenoxy) is 1. The van der Waals surface area contributed by atoms with Gasteiger partial charge in [0.25, 0.3) is 0 Å². The number of terminal acetylenes is 1. The fourth-order valence-electron chi connectivity index (χ4n) is 1.32. The Bertz CT molecular complexity index is 422. The molecule has 5 nitrogen and oxygen atoms in total. The van der Waals surface area contributed by atoms with Crippen molar-refractivity contribution in [2.24, 2.45) is 5.84 Å². The average Bonchev–Trinajstić information content (AvgIpc) is 3.12. The van der Waals surface area contributed by atoms with Crippen LogP contribution < -0.4 is 16.0 Å². The Balaban J connectivity index is 2.23. The molecule has 1 fully saturated rings. The van der Waals surface area contributed by atoms with E-state index < -0.39 is 0 Å². The molecule has 5 heteroatoms. The summed E-state index contributed by atoms with van der Waals surface area (Å²) in [5.74, 6) is 10.1. The van der Waals surface area contributed by atoms with Crippen molar-refractivity contribution in [3.63, 3.8) is 0 Å². The number of anilines is 1. The first kappa shape index (κ1) is 10.7. The summed E-state index contributed by atoms with van der Waals surface area (Å²) in [6.45, 7) is 1.79. The topological polar surface area (TPSA) is 73.1 Å². The Kier molecular flexibility index (Phi) is 2.93. The first-order valence-electron chi connectivity index (χ1n) is 5.21. The van der Waals surface area contributed by atoms with Gasteiger partial charge in [-0.2, -0.15) is 4.98 Å². The van der Waals surface area contributed by atoms with Gasteiger partial charge in [-0.3, -0.25) is 0 Å². The van der Waals surface area contributed by atoms with Gasteiger partial charge in [0.1, 0.15) is 11.6 Å². The predicted molar refractivity (Wildman–Crippen MR) is 60.7 cm³/mol. The zero-order valence-corrected chi connectivity index (χ0v) is 9.10. The van der Waals surface area contributed by atoms with Crippen LogP contribution in [0, 0.1) is 12.3 Å². The number of nitrogens with zero attached hydrogens (tertiary/aromatic N) is 2. The lowest BCUT2D eigenvalue weighted by molar-refractivity contribution is 0.266. The van der Waals surface area contributed by atoms with E-state index in [1.54, 1.807) is 13.0 Å². The molecule has 84 valence electrons. The largest absolute Gasteiger partial charge is 0.461 e. The Morgan fingerprint density at radius 3 is 2.94 bits per heavy atom. The van der Waals surface area contributed by atoms with Gasteiger partial charge in [-0.1, -0.05) is 5.92 Å². The SMILES string of the molecule is C#CC(C)Oc1cc(NN)nc(C2CC2)n1. The molecule has 0 bridgehead atoms. The summed E-state index contributed by atoms with van der Waals surface area (Å²) in [5.41, 5.74) is 2.50. The fourth-order valence-corrected chi connectivity index (χ4v) is 1.32. The fraction of sp³-hybridized carbons (Fsp3) is 0.455. The minimum atomic E-state index is -0.312. The summed E-state index contributed by atoms with van der Waals surface area (Å²) in [6.07, 6.45) is 7.18. The molecule has 16 heavy (non-hydrogen) atoms. The lowest BCUT2D eigenvalue weighted by Crippen LogP contribution is -2.14. The van der Waals surface area contributed by atoms with E-state index in [1.165, 1.54) is 0 Å². The molecule has 1 aliphatic rings. The van der Waals surface area contributed by atoms with E-state index in [0.717, 1.165) is 18.7 Å². The summed E-state index contributed by atoms with van der Waals surface area (Å²) >= 11 is 0. The van der Waals surface area contributed by atoms with Crippen LogP contribution in [0.15, 0.2) is 6.07 Å². The molecule has 1 unspecified atom stereocenters. The van der Waals surface area contributed by atoms with Gasteiger partial charge in [-0.15, -0.1) is 6.42 Å². The minimum Gasteiger partial charge on any atom is -0.461 e. The summed E-state index contributed by atoms with van der Waals surface area (Å²) in [7, 11) is 0. The van der Waals surface area contributed by atoms with Gasteiger partial charge in [-0.05, 0) is 19.8 Å². The molecule has 1 heterocycles. The highest BCUT2D eigenvalue weighted by atomic mass is 16.5. The maximum atomic E-state index is 5.44. The van der Waals surface area contributed by atoms with E-state index in [0.29, 0.717) is 17.6 Å². The summed E-state index contributed by atoms with van der Waals surface area (Å²) in [4.78, 5) is 8.57. The lowest BCUT2D eigenvalue weighted by Gasteiger charge is -2.10. The van der Waals surface area contributed by atoms with Crippen molar-refractivity contribution >= 4 is 5.82 Å². The van der Waals surface area contributed by atoms with Crippen molar-refractivity contribution < 1.29 is 4.74 Å². The van der Waals surface area contributed by atoms with Gasteiger partial charge in [0.15, 0.2) is 6.10 Å². The number of nitrogens with one attached hydrogen (secondary N) is 1. The number of aromatic nitrogens is 2. The van der Waals surface area contributed by atoms with Crippen molar-refractivity contribution in [3.05, 3.63) is 11.9 Å². The monoisotopic (exact) mass is 218 g/mol. The number of hydrazine groups is 1. The van der Waals surface area contributed by atoms with Crippen LogP contribution >= 0.6 is 0 Å². The standard InChI is InChI=1S/C11H14N4O/c1-3-7(2)16-10-6-9(15-12)13-11(14-10)8-4-5-8/h1,6-8H,4-5,12H2,2H3,(H,13,14,15). The molecule has 1 aromatic heterocycles. The number of nitrogens with two attached hydrogens (primary N) is 1. The van der Waals surface area contributed by atoms with Gasteiger partial charge in [-0.25, -0.2) is 10.8 Å². The van der Waals surface area contributed by atoms with Crippen LogP contribution in [0.2, 0.25) is 0 Å². The molecule has 1 atom stereocenters. The van der Waals surface area contributed by atoms with Crippen molar-refractivity contribution in [2.75, 3.05) is 5.43 Å². The first-order valence-corrected chi connectivity index (χ1v) is 5.21. The second kappa shape index (κ2) is 4.37. The van der Waals surface area contributed by atoms with Crippen molar-refractivity contribution in [3.8, 4) is 18.2 Å². The maximum Gasteiger partial charge on any atom is 0.220 e. The number of nitrogen functional groups attached to an aromatic ring is 1. The molecule has 2 rings (SSSR count). The van der Waals surface area contributed by atoms with Gasteiger partial charge in [0, 0.05) is 12.0 Å². The zero-order chi connectivity index (χ0) is 11.5. The van der Waals surface area contributed by atoms with Crippen LogP contribution in [0.3, 0.4) is 0 Å². The summed E-state index contributed by atoms with van der Waals surface area (Å²) in [6, 6.07) is 1.64. The molecule has 3 N–H and O–H groups in total. The molecule has 1 saturated carbocycles. The van der Waals surface area contributed by atoms with E-state index in [2.05, 4.69) is 21.3 Å². The smallest absolute Gasteiger partial charge is 0.220 e. The molecular formula is C11H14N4O. The number of hydrogen-bond acceptors (Lipinski definition) is 5. The van der Waals surface area contributed by atoms with E-state index in [-0.39, 0.29) is 6.10 Å². The van der Waals surface area contributed by atoms with E-state index in [9.17, 15) is 0 Å². The number of rotatable bonds is 4. The van der Waals surface area contributed by atoms with Crippen LogP contribution in [-0.4, -0.2) is 16.1 Å². The normalized spacial score (nSPS) is 16.3. The number of hydrogen-bond donors (Lipinski definition) is 2. The summed E-state index contributed by atoms with van der Waals surface area (Å²) < 4.78 is 5.44. The molecule has 0 radical (unpaired) electrons. The Morgan fingerprint density at radius 1 is 1.62 bits per heavy atom. The van der Waals surface area contributed by atoms with Gasteiger partial charge >= 0.3 is 0 Å². The molecule has 1 aromatic rings. The van der Waals surface area contributed by atoms with Gasteiger partial charge < -0.3 is 10.2 Å². The lowest BCUT2D eigenvalue weighted by atomic mass is 10.4. The molecule has 0 aromatic carbocycles. The molecular weight excluding hydrogens is 204 g/mol. The van der Waals surface area contributed by atoms with E-state index in [1.807, 2.05) is 0 Å². The second-order valence-corrected chi connectivity index (χ2v) is 3.79. The van der Waals surface area contributed by atoms with Gasteiger partial charge in [0.05, 0.1) is 0 Å². The third kappa shape index (κ3) is 2.41. The quantitative estimate of drug-likeness (QED) is 0.449. The third-order valence-electron chi connectivity index (χ3n) is 2.34. The molecule has 0 amide bonds. The first-order chi connectivity index (χ1) is 7.72. The van der Waals surface area contributed by atoms with Gasteiger partial charge in [0.2, 0.25) is 5.88 Å². The Labute approximate surface area is 94.4 Å². The maximum absolute atomic E-state index is 5.44. The predicted octanol–water partition coefficient (Wildman–Crippen LogP) is 1.04. The second-order valence-electron chi connectivity index (χ2n) is 3.79. The van der Waals surface area contributed by atoms with Crippen molar-refractivity contribution in [2.45, 2.75) is 31.8 Å². The molecule has 0 spiro atoms. The van der Waals surface area contributed by atoms with Crippen molar-refractivity contribution in [1.82, 2.24) is 9.97 Å². The Morgan fingerprint density at radius 2 is 2.38 bits per heavy atom. The van der Waals surface area contributed by atoms with E-state index in [4.69, 9.17) is 17.0 Å².